The second kappa shape index (κ2) is 8.80. The van der Waals surface area contributed by atoms with Gasteiger partial charge in [0, 0.05) is 24.4 Å². The molecule has 0 spiro atoms. The van der Waals surface area contributed by atoms with Gasteiger partial charge in [0.15, 0.2) is 5.82 Å². The van der Waals surface area contributed by atoms with Gasteiger partial charge in [-0.1, -0.05) is 12.1 Å². The number of aryl methyl sites for hydroxylation is 2. The van der Waals surface area contributed by atoms with Crippen molar-refractivity contribution in [1.82, 2.24) is 24.7 Å². The van der Waals surface area contributed by atoms with E-state index >= 15 is 0 Å². The standard InChI is InChI=1S/C22H19F3N6O3S/c1-12-10-15-18(30-8-9-31-16(11-30)28-29-20(31)22(23,24)25)26-21(27-19(15)35-12)34-14-5-2-13(3-6-14)4-7-17(32)33/h2-3,5-6,10H,4,7-9,11H2,1H3,(H,32,33). The maximum Gasteiger partial charge on any atom is 0.451 e. The third-order valence-electron chi connectivity index (χ3n) is 5.54. The maximum absolute atomic E-state index is 13.2. The molecule has 5 rings (SSSR count). The summed E-state index contributed by atoms with van der Waals surface area (Å²) >= 11 is 1.46. The summed E-state index contributed by atoms with van der Waals surface area (Å²) in [5, 5.41) is 16.7. The number of thiophene rings is 1. The summed E-state index contributed by atoms with van der Waals surface area (Å²) in [6.45, 7) is 2.41. The van der Waals surface area contributed by atoms with Gasteiger partial charge >= 0.3 is 18.2 Å². The lowest BCUT2D eigenvalue weighted by atomic mass is 10.1. The number of anilines is 1. The number of alkyl halides is 3. The van der Waals surface area contributed by atoms with Crippen LogP contribution in [0.15, 0.2) is 30.3 Å². The number of hydrogen-bond donors (Lipinski definition) is 1. The maximum atomic E-state index is 13.2. The van der Waals surface area contributed by atoms with Crippen LogP contribution in [0.1, 0.15) is 28.5 Å². The Kier molecular flexibility index (Phi) is 5.79. The minimum Gasteiger partial charge on any atom is -0.481 e. The highest BCUT2D eigenvalue weighted by atomic mass is 32.1. The summed E-state index contributed by atoms with van der Waals surface area (Å²) in [4.78, 5) is 23.4. The minimum absolute atomic E-state index is 0.0368. The van der Waals surface area contributed by atoms with Gasteiger partial charge in [0.05, 0.1) is 11.9 Å². The zero-order valence-electron chi connectivity index (χ0n) is 18.4. The first-order valence-corrected chi connectivity index (χ1v) is 11.5. The van der Waals surface area contributed by atoms with Crippen molar-refractivity contribution in [2.75, 3.05) is 11.4 Å². The average Bonchev–Trinajstić information content (AvgIpc) is 3.40. The molecule has 0 fully saturated rings. The molecule has 1 aliphatic heterocycles. The molecule has 0 amide bonds. The molecule has 4 heterocycles. The van der Waals surface area contributed by atoms with Crippen LogP contribution < -0.4 is 9.64 Å². The number of nitrogens with zero attached hydrogens (tertiary/aromatic N) is 6. The number of aromatic nitrogens is 5. The summed E-state index contributed by atoms with van der Waals surface area (Å²) in [5.41, 5.74) is 0.862. The highest BCUT2D eigenvalue weighted by molar-refractivity contribution is 7.18. The van der Waals surface area contributed by atoms with Gasteiger partial charge in [0.2, 0.25) is 5.82 Å². The second-order valence-electron chi connectivity index (χ2n) is 8.06. The van der Waals surface area contributed by atoms with Gasteiger partial charge in [-0.05, 0) is 37.1 Å². The number of fused-ring (bicyclic) bond motifs is 2. The Balaban J connectivity index is 1.42. The Morgan fingerprint density at radius 3 is 2.66 bits per heavy atom. The van der Waals surface area contributed by atoms with Gasteiger partial charge < -0.3 is 19.3 Å². The van der Waals surface area contributed by atoms with Crippen LogP contribution in [0, 0.1) is 6.92 Å². The third-order valence-corrected chi connectivity index (χ3v) is 6.49. The molecule has 9 nitrogen and oxygen atoms in total. The third kappa shape index (κ3) is 4.76. The van der Waals surface area contributed by atoms with Crippen molar-refractivity contribution in [3.8, 4) is 11.8 Å². The quantitative estimate of drug-likeness (QED) is 0.411. The Morgan fingerprint density at radius 1 is 1.17 bits per heavy atom. The number of ether oxygens (including phenoxy) is 1. The molecule has 3 aromatic heterocycles. The van der Waals surface area contributed by atoms with Crippen molar-refractivity contribution in [3.05, 3.63) is 52.4 Å². The minimum atomic E-state index is -4.57. The number of halogens is 3. The fourth-order valence-corrected chi connectivity index (χ4v) is 4.79. The number of rotatable bonds is 6. The highest BCUT2D eigenvalue weighted by Gasteiger charge is 2.39. The summed E-state index contributed by atoms with van der Waals surface area (Å²) in [6.07, 6.45) is -4.12. The van der Waals surface area contributed by atoms with Crippen LogP contribution in [0.25, 0.3) is 10.2 Å². The molecule has 0 bridgehead atoms. The van der Waals surface area contributed by atoms with Crippen molar-refractivity contribution >= 4 is 33.3 Å². The number of carbonyl (C=O) groups is 1. The largest absolute Gasteiger partial charge is 0.481 e. The number of benzene rings is 1. The van der Waals surface area contributed by atoms with E-state index in [9.17, 15) is 18.0 Å². The summed E-state index contributed by atoms with van der Waals surface area (Å²) < 4.78 is 46.6. The Labute approximate surface area is 200 Å². The molecule has 0 radical (unpaired) electrons. The molecule has 35 heavy (non-hydrogen) atoms. The van der Waals surface area contributed by atoms with Gasteiger partial charge in [0.25, 0.3) is 0 Å². The first-order chi connectivity index (χ1) is 16.7. The number of carboxylic acid groups (broad SMARTS) is 1. The lowest BCUT2D eigenvalue weighted by Crippen LogP contribution is -2.36. The van der Waals surface area contributed by atoms with Crippen molar-refractivity contribution in [2.45, 2.75) is 39.0 Å². The van der Waals surface area contributed by atoms with Crippen LogP contribution in [0.4, 0.5) is 19.0 Å². The van der Waals surface area contributed by atoms with E-state index in [2.05, 4.69) is 20.2 Å². The fraction of sp³-hybridized carbons (Fsp3) is 0.318. The number of hydrogen-bond acceptors (Lipinski definition) is 8. The van der Waals surface area contributed by atoms with Crippen molar-refractivity contribution in [1.29, 1.82) is 0 Å². The Morgan fingerprint density at radius 2 is 1.94 bits per heavy atom. The molecule has 1 aliphatic rings. The fourth-order valence-electron chi connectivity index (χ4n) is 3.92. The van der Waals surface area contributed by atoms with Gasteiger partial charge in [-0.25, -0.2) is 0 Å². The van der Waals surface area contributed by atoms with E-state index in [-0.39, 0.29) is 37.9 Å². The molecule has 13 heteroatoms. The molecular weight excluding hydrogens is 485 g/mol. The van der Waals surface area contributed by atoms with E-state index in [4.69, 9.17) is 9.84 Å². The second-order valence-corrected chi connectivity index (χ2v) is 9.29. The van der Waals surface area contributed by atoms with Crippen molar-refractivity contribution in [3.63, 3.8) is 0 Å². The summed E-state index contributed by atoms with van der Waals surface area (Å²) in [6, 6.07) is 9.04. The van der Waals surface area contributed by atoms with Crippen LogP contribution in [0.2, 0.25) is 0 Å². The molecule has 0 saturated carbocycles. The first kappa shape index (κ1) is 23.0. The smallest absolute Gasteiger partial charge is 0.451 e. The van der Waals surface area contributed by atoms with E-state index in [1.807, 2.05) is 17.9 Å². The number of aliphatic carboxylic acids is 1. The first-order valence-electron chi connectivity index (χ1n) is 10.7. The van der Waals surface area contributed by atoms with E-state index < -0.39 is 18.0 Å². The lowest BCUT2D eigenvalue weighted by Gasteiger charge is -2.29. The Hall–Kier alpha value is -3.74. The molecule has 4 aromatic rings. The number of carboxylic acids is 1. The van der Waals surface area contributed by atoms with Gasteiger partial charge in [-0.2, -0.15) is 23.1 Å². The van der Waals surface area contributed by atoms with Gasteiger partial charge in [-0.15, -0.1) is 21.5 Å². The van der Waals surface area contributed by atoms with Crippen LogP contribution >= 0.6 is 11.3 Å². The van der Waals surface area contributed by atoms with Crippen LogP contribution in [0.5, 0.6) is 11.8 Å². The lowest BCUT2D eigenvalue weighted by molar-refractivity contribution is -0.147. The van der Waals surface area contributed by atoms with Crippen LogP contribution in [0.3, 0.4) is 0 Å². The average molecular weight is 504 g/mol. The summed E-state index contributed by atoms with van der Waals surface area (Å²) in [7, 11) is 0. The van der Waals surface area contributed by atoms with E-state index in [0.717, 1.165) is 20.4 Å². The molecule has 0 unspecified atom stereocenters. The molecule has 0 saturated heterocycles. The van der Waals surface area contributed by atoms with Crippen molar-refractivity contribution in [2.24, 2.45) is 0 Å². The monoisotopic (exact) mass is 504 g/mol. The van der Waals surface area contributed by atoms with Crippen LogP contribution in [-0.2, 0) is 30.5 Å². The van der Waals surface area contributed by atoms with E-state index in [1.165, 1.54) is 11.3 Å². The molecular formula is C22H19F3N6O3S. The molecule has 1 N–H and O–H groups in total. The predicted molar refractivity (Wildman–Crippen MR) is 121 cm³/mol. The van der Waals surface area contributed by atoms with Crippen LogP contribution in [-0.4, -0.2) is 42.4 Å². The predicted octanol–water partition coefficient (Wildman–Crippen LogP) is 4.44. The van der Waals surface area contributed by atoms with E-state index in [1.54, 1.807) is 24.3 Å². The Bertz CT molecular complexity index is 1400. The van der Waals surface area contributed by atoms with Crippen molar-refractivity contribution < 1.29 is 27.8 Å². The van der Waals surface area contributed by atoms with Gasteiger partial charge in [0.1, 0.15) is 16.4 Å². The molecule has 182 valence electrons. The molecule has 0 aliphatic carbocycles. The topological polar surface area (TPSA) is 106 Å². The molecule has 1 aromatic carbocycles. The highest BCUT2D eigenvalue weighted by Crippen LogP contribution is 2.36. The summed E-state index contributed by atoms with van der Waals surface area (Å²) in [5.74, 6) is -0.619. The SMILES string of the molecule is Cc1cc2c(N3CCn4c(nnc4C(F)(F)F)C3)nc(Oc3ccc(CCC(=O)O)cc3)nc2s1. The molecule has 0 atom stereocenters. The van der Waals surface area contributed by atoms with Gasteiger partial charge in [-0.3, -0.25) is 4.79 Å². The zero-order valence-corrected chi connectivity index (χ0v) is 19.2. The zero-order chi connectivity index (χ0) is 24.7. The van der Waals surface area contributed by atoms with E-state index in [0.29, 0.717) is 22.8 Å². The normalized spacial score (nSPS) is 13.8.